The van der Waals surface area contributed by atoms with Crippen molar-refractivity contribution < 1.29 is 0 Å². The predicted octanol–water partition coefficient (Wildman–Crippen LogP) is 16.6. The second-order valence-corrected chi connectivity index (χ2v) is 15.8. The lowest BCUT2D eigenvalue weighted by Gasteiger charge is -2.27. The first kappa shape index (κ1) is 36.8. The van der Waals surface area contributed by atoms with Crippen molar-refractivity contribution in [2.45, 2.75) is 0 Å². The van der Waals surface area contributed by atoms with Crippen molar-refractivity contribution in [2.75, 3.05) is 4.90 Å². The quantitative estimate of drug-likeness (QED) is 0.141. The molecule has 0 aliphatic rings. The van der Waals surface area contributed by atoms with Crippen molar-refractivity contribution in [3.63, 3.8) is 0 Å². The van der Waals surface area contributed by atoms with Crippen LogP contribution >= 0.6 is 0 Å². The third-order valence-electron chi connectivity index (χ3n) is 12.0. The van der Waals surface area contributed by atoms with Crippen molar-refractivity contribution in [2.24, 2.45) is 0 Å². The molecule has 10 aromatic carbocycles. The Morgan fingerprint density at radius 3 is 1.37 bits per heavy atom. The van der Waals surface area contributed by atoms with E-state index in [9.17, 15) is 0 Å². The second kappa shape index (κ2) is 16.1. The lowest BCUT2D eigenvalue weighted by atomic mass is 9.93. The van der Waals surface area contributed by atoms with Gasteiger partial charge in [-0.1, -0.05) is 182 Å². The molecule has 0 radical (unpaired) electrons. The highest BCUT2D eigenvalue weighted by molar-refractivity contribution is 6.11. The largest absolute Gasteiger partial charge is 0.310 e. The Bertz CT molecular complexity index is 3260. The van der Waals surface area contributed by atoms with Gasteiger partial charge in [0.25, 0.3) is 0 Å². The zero-order valence-electron chi connectivity index (χ0n) is 34.1. The molecular formula is C60H42N2. The van der Waals surface area contributed by atoms with Crippen molar-refractivity contribution in [3.8, 4) is 61.3 Å². The molecule has 11 rings (SSSR count). The van der Waals surface area contributed by atoms with E-state index in [4.69, 9.17) is 0 Å². The molecule has 0 unspecified atom stereocenters. The molecule has 1 aromatic heterocycles. The van der Waals surface area contributed by atoms with Crippen LogP contribution in [0, 0.1) is 0 Å². The highest BCUT2D eigenvalue weighted by Gasteiger charge is 2.18. The van der Waals surface area contributed by atoms with Crippen LogP contribution in [0.15, 0.2) is 255 Å². The van der Waals surface area contributed by atoms with Crippen LogP contribution in [0.5, 0.6) is 0 Å². The first-order valence-corrected chi connectivity index (χ1v) is 21.3. The normalized spacial score (nSPS) is 11.2. The smallest absolute Gasteiger partial charge is 0.0541 e. The van der Waals surface area contributed by atoms with Gasteiger partial charge in [-0.3, -0.25) is 0 Å². The highest BCUT2D eigenvalue weighted by atomic mass is 15.1. The van der Waals surface area contributed by atoms with Crippen LogP contribution in [-0.2, 0) is 0 Å². The zero-order chi connectivity index (χ0) is 41.2. The summed E-state index contributed by atoms with van der Waals surface area (Å²) in [5, 5.41) is 2.48. The lowest BCUT2D eigenvalue weighted by Crippen LogP contribution is -2.10. The van der Waals surface area contributed by atoms with Crippen LogP contribution in [0.2, 0.25) is 0 Å². The van der Waals surface area contributed by atoms with E-state index < -0.39 is 0 Å². The molecule has 0 saturated heterocycles. The summed E-state index contributed by atoms with van der Waals surface area (Å²) >= 11 is 0. The molecule has 0 aliphatic carbocycles. The molecule has 0 bridgehead atoms. The summed E-state index contributed by atoms with van der Waals surface area (Å²) in [5.41, 5.74) is 18.7. The predicted molar refractivity (Wildman–Crippen MR) is 263 cm³/mol. The monoisotopic (exact) mass is 790 g/mol. The van der Waals surface area contributed by atoms with Gasteiger partial charge in [-0.25, -0.2) is 0 Å². The van der Waals surface area contributed by atoms with Gasteiger partial charge >= 0.3 is 0 Å². The van der Waals surface area contributed by atoms with E-state index in [1.165, 1.54) is 77.4 Å². The summed E-state index contributed by atoms with van der Waals surface area (Å²) in [6.07, 6.45) is 0. The Hall–Kier alpha value is -8.20. The Morgan fingerprint density at radius 2 is 0.726 bits per heavy atom. The van der Waals surface area contributed by atoms with Gasteiger partial charge in [0.2, 0.25) is 0 Å². The Kier molecular flexibility index (Phi) is 9.57. The highest BCUT2D eigenvalue weighted by Crippen LogP contribution is 2.42. The average molecular weight is 791 g/mol. The standard InChI is InChI=1S/C60H42N2/c1-5-18-43(19-6-1)47-24-17-27-53(39-47)62-59-31-16-15-30-57(59)58-42-48(34-37-60(58)62)56-29-14-13-28-55(56)46-32-35-52(36-33-46)61(51-25-11-4-12-26-51)54-40-49(44-20-7-2-8-21-44)38-50(41-54)45-22-9-3-10-23-45/h1-42H. The maximum Gasteiger partial charge on any atom is 0.0541 e. The van der Waals surface area contributed by atoms with Gasteiger partial charge in [-0.05, 0) is 128 Å². The number of benzene rings is 10. The number of nitrogens with zero attached hydrogens (tertiary/aromatic N) is 2. The van der Waals surface area contributed by atoms with Gasteiger partial charge in [-0.15, -0.1) is 0 Å². The Morgan fingerprint density at radius 1 is 0.242 bits per heavy atom. The number of fused-ring (bicyclic) bond motifs is 3. The van der Waals surface area contributed by atoms with Crippen molar-refractivity contribution in [1.29, 1.82) is 0 Å². The molecule has 2 heteroatoms. The van der Waals surface area contributed by atoms with Crippen LogP contribution in [0.25, 0.3) is 83.1 Å². The topological polar surface area (TPSA) is 8.17 Å². The van der Waals surface area contributed by atoms with Gasteiger partial charge in [0.05, 0.1) is 11.0 Å². The third-order valence-corrected chi connectivity index (χ3v) is 12.0. The van der Waals surface area contributed by atoms with Gasteiger partial charge in [-0.2, -0.15) is 0 Å². The summed E-state index contributed by atoms with van der Waals surface area (Å²) in [6, 6.07) is 92.0. The van der Waals surface area contributed by atoms with Gasteiger partial charge in [0.1, 0.15) is 0 Å². The van der Waals surface area contributed by atoms with E-state index in [0.29, 0.717) is 0 Å². The van der Waals surface area contributed by atoms with Crippen LogP contribution < -0.4 is 4.90 Å². The fraction of sp³-hybridized carbons (Fsp3) is 0. The number of hydrogen-bond donors (Lipinski definition) is 0. The summed E-state index contributed by atoms with van der Waals surface area (Å²) in [6.45, 7) is 0. The molecule has 0 atom stereocenters. The maximum atomic E-state index is 2.41. The number of hydrogen-bond acceptors (Lipinski definition) is 1. The maximum absolute atomic E-state index is 2.41. The SMILES string of the molecule is c1ccc(-c2cc(-c3ccccc3)cc(N(c3ccccc3)c3ccc(-c4ccccc4-c4ccc5c(c4)c4ccccc4n5-c4cccc(-c5ccccc5)c4)cc3)c2)cc1. The fourth-order valence-corrected chi connectivity index (χ4v) is 9.01. The number of para-hydroxylation sites is 2. The summed E-state index contributed by atoms with van der Waals surface area (Å²) in [5.74, 6) is 0. The van der Waals surface area contributed by atoms with E-state index in [0.717, 1.165) is 22.7 Å². The minimum Gasteiger partial charge on any atom is -0.310 e. The molecule has 292 valence electrons. The van der Waals surface area contributed by atoms with Crippen molar-refractivity contribution in [1.82, 2.24) is 4.57 Å². The van der Waals surface area contributed by atoms with Gasteiger partial charge in [0, 0.05) is 33.5 Å². The van der Waals surface area contributed by atoms with E-state index in [1.807, 2.05) is 0 Å². The minimum absolute atomic E-state index is 1.09. The summed E-state index contributed by atoms with van der Waals surface area (Å²) in [7, 11) is 0. The first-order chi connectivity index (χ1) is 30.7. The Balaban J connectivity index is 0.995. The Labute approximate surface area is 362 Å². The van der Waals surface area contributed by atoms with Crippen LogP contribution in [0.4, 0.5) is 17.1 Å². The lowest BCUT2D eigenvalue weighted by molar-refractivity contribution is 1.18. The second-order valence-electron chi connectivity index (χ2n) is 15.8. The molecule has 11 aromatic rings. The molecule has 0 aliphatic heterocycles. The number of rotatable bonds is 9. The van der Waals surface area contributed by atoms with Gasteiger partial charge < -0.3 is 9.47 Å². The molecular weight excluding hydrogens is 749 g/mol. The number of anilines is 3. The summed E-state index contributed by atoms with van der Waals surface area (Å²) in [4.78, 5) is 2.37. The van der Waals surface area contributed by atoms with Crippen LogP contribution in [-0.4, -0.2) is 4.57 Å². The fourth-order valence-electron chi connectivity index (χ4n) is 9.01. The minimum atomic E-state index is 1.09. The van der Waals surface area contributed by atoms with Crippen LogP contribution in [0.3, 0.4) is 0 Å². The van der Waals surface area contributed by atoms with Crippen molar-refractivity contribution in [3.05, 3.63) is 255 Å². The molecule has 2 nitrogen and oxygen atoms in total. The molecule has 1 heterocycles. The van der Waals surface area contributed by atoms with Crippen molar-refractivity contribution >= 4 is 38.9 Å². The molecule has 0 N–H and O–H groups in total. The molecule has 0 fully saturated rings. The van der Waals surface area contributed by atoms with Crippen LogP contribution in [0.1, 0.15) is 0 Å². The number of aromatic nitrogens is 1. The van der Waals surface area contributed by atoms with E-state index >= 15 is 0 Å². The zero-order valence-corrected chi connectivity index (χ0v) is 34.1. The molecule has 62 heavy (non-hydrogen) atoms. The average Bonchev–Trinajstić information content (AvgIpc) is 3.69. The summed E-state index contributed by atoms with van der Waals surface area (Å²) < 4.78 is 2.41. The third kappa shape index (κ3) is 6.94. The first-order valence-electron chi connectivity index (χ1n) is 21.3. The molecule has 0 spiro atoms. The van der Waals surface area contributed by atoms with E-state index in [2.05, 4.69) is 264 Å². The molecule has 0 saturated carbocycles. The molecule has 0 amide bonds. The van der Waals surface area contributed by atoms with E-state index in [-0.39, 0.29) is 0 Å². The van der Waals surface area contributed by atoms with E-state index in [1.54, 1.807) is 0 Å². The van der Waals surface area contributed by atoms with Gasteiger partial charge in [0.15, 0.2) is 0 Å².